The minimum atomic E-state index is -2.12. The third-order valence-electron chi connectivity index (χ3n) is 6.20. The van der Waals surface area contributed by atoms with Crippen molar-refractivity contribution in [3.05, 3.63) is 108 Å². The van der Waals surface area contributed by atoms with Crippen LogP contribution in [0.2, 0.25) is 0 Å². The van der Waals surface area contributed by atoms with E-state index in [1.54, 1.807) is 0 Å². The van der Waals surface area contributed by atoms with Crippen LogP contribution in [0.5, 0.6) is 0 Å². The van der Waals surface area contributed by atoms with Crippen LogP contribution in [-0.4, -0.2) is 54.4 Å². The molecule has 1 aliphatic rings. The number of rotatable bonds is 8. The Morgan fingerprint density at radius 2 is 1.19 bits per heavy atom. The summed E-state index contributed by atoms with van der Waals surface area (Å²) in [6.07, 6.45) is -8.10. The Labute approximate surface area is 214 Å². The van der Waals surface area contributed by atoms with Crippen molar-refractivity contribution in [3.8, 4) is 0 Å². The first kappa shape index (κ1) is 26.5. The number of aliphatic hydroxyl groups excluding tert-OH is 1. The Balaban J connectivity index is 1.78. The van der Waals surface area contributed by atoms with Crippen molar-refractivity contribution in [2.24, 2.45) is 0 Å². The normalized spacial score (nSPS) is 23.7. The third kappa shape index (κ3) is 5.72. The zero-order chi connectivity index (χ0) is 26.4. The highest BCUT2D eigenvalue weighted by molar-refractivity contribution is 5.67. The molecule has 1 N–H and O–H groups in total. The molecule has 0 aromatic heterocycles. The number of carbonyl (C=O) groups is 2. The molecule has 1 unspecified atom stereocenters. The van der Waals surface area contributed by atoms with Crippen LogP contribution in [0.25, 0.3) is 0 Å². The molecule has 8 heteroatoms. The first-order valence-electron chi connectivity index (χ1n) is 12.0. The average Bonchev–Trinajstić information content (AvgIpc) is 2.90. The van der Waals surface area contributed by atoms with Crippen LogP contribution in [0, 0.1) is 0 Å². The van der Waals surface area contributed by atoms with E-state index in [9.17, 15) is 19.1 Å². The van der Waals surface area contributed by atoms with Gasteiger partial charge in [0, 0.05) is 13.8 Å². The molecule has 37 heavy (non-hydrogen) atoms. The highest BCUT2D eigenvalue weighted by Crippen LogP contribution is 2.41. The van der Waals surface area contributed by atoms with Gasteiger partial charge in [0.15, 0.2) is 24.7 Å². The number of hydrogen-bond acceptors (Lipinski definition) is 7. The van der Waals surface area contributed by atoms with Crippen LogP contribution in [0.4, 0.5) is 4.39 Å². The number of esters is 2. The van der Waals surface area contributed by atoms with Gasteiger partial charge in [-0.05, 0) is 16.7 Å². The molecule has 0 amide bonds. The van der Waals surface area contributed by atoms with Crippen LogP contribution in [-0.2, 0) is 34.1 Å². The molecule has 0 spiro atoms. The second-order valence-corrected chi connectivity index (χ2v) is 8.75. The predicted molar refractivity (Wildman–Crippen MR) is 132 cm³/mol. The molecular weight excluding hydrogens is 479 g/mol. The first-order chi connectivity index (χ1) is 17.8. The molecule has 7 nitrogen and oxygen atoms in total. The van der Waals surface area contributed by atoms with Crippen LogP contribution in [0.3, 0.4) is 0 Å². The van der Waals surface area contributed by atoms with Gasteiger partial charge in [0.25, 0.3) is 0 Å². The zero-order valence-corrected chi connectivity index (χ0v) is 20.5. The van der Waals surface area contributed by atoms with Gasteiger partial charge in [0.1, 0.15) is 11.7 Å². The number of ether oxygens (including phenoxy) is 4. The Hall–Kier alpha value is -3.59. The van der Waals surface area contributed by atoms with Gasteiger partial charge in [-0.2, -0.15) is 0 Å². The van der Waals surface area contributed by atoms with E-state index < -0.39 is 48.3 Å². The molecular formula is C29H29FO7. The molecule has 5 atom stereocenters. The van der Waals surface area contributed by atoms with Gasteiger partial charge in [0.05, 0.1) is 6.61 Å². The smallest absolute Gasteiger partial charge is 0.303 e. The maximum absolute atomic E-state index is 14.9. The van der Waals surface area contributed by atoms with E-state index in [4.69, 9.17) is 18.9 Å². The van der Waals surface area contributed by atoms with Crippen LogP contribution in [0.1, 0.15) is 30.5 Å². The van der Waals surface area contributed by atoms with Gasteiger partial charge in [-0.3, -0.25) is 9.59 Å². The van der Waals surface area contributed by atoms with Gasteiger partial charge < -0.3 is 24.1 Å². The van der Waals surface area contributed by atoms with E-state index in [1.165, 1.54) is 0 Å². The lowest BCUT2D eigenvalue weighted by atomic mass is 9.80. The molecule has 1 aliphatic heterocycles. The second-order valence-electron chi connectivity index (χ2n) is 8.75. The Morgan fingerprint density at radius 1 is 0.784 bits per heavy atom. The van der Waals surface area contributed by atoms with Crippen molar-refractivity contribution in [1.29, 1.82) is 0 Å². The van der Waals surface area contributed by atoms with Gasteiger partial charge in [-0.25, -0.2) is 4.39 Å². The van der Waals surface area contributed by atoms with Crippen LogP contribution in [0.15, 0.2) is 91.0 Å². The minimum absolute atomic E-state index is 0.238. The fraction of sp³-hybridized carbons (Fsp3) is 0.310. The van der Waals surface area contributed by atoms with E-state index in [1.807, 2.05) is 91.0 Å². The van der Waals surface area contributed by atoms with Crippen molar-refractivity contribution in [1.82, 2.24) is 0 Å². The summed E-state index contributed by atoms with van der Waals surface area (Å²) in [6, 6.07) is 28.6. The summed E-state index contributed by atoms with van der Waals surface area (Å²) < 4.78 is 37.5. The summed E-state index contributed by atoms with van der Waals surface area (Å²) in [4.78, 5) is 23.6. The van der Waals surface area contributed by atoms with E-state index in [2.05, 4.69) is 0 Å². The van der Waals surface area contributed by atoms with Gasteiger partial charge in [-0.1, -0.05) is 91.0 Å². The number of halogens is 1. The summed E-state index contributed by atoms with van der Waals surface area (Å²) >= 11 is 0. The number of alkyl halides is 1. The monoisotopic (exact) mass is 508 g/mol. The van der Waals surface area contributed by atoms with Crippen molar-refractivity contribution >= 4 is 11.9 Å². The number of carbonyl (C=O) groups excluding carboxylic acids is 2. The summed E-state index contributed by atoms with van der Waals surface area (Å²) in [7, 11) is 0. The Morgan fingerprint density at radius 3 is 1.59 bits per heavy atom. The predicted octanol–water partition coefficient (Wildman–Crippen LogP) is 3.91. The highest BCUT2D eigenvalue weighted by Gasteiger charge is 2.51. The summed E-state index contributed by atoms with van der Waals surface area (Å²) in [5, 5.41) is 10.3. The fourth-order valence-electron chi connectivity index (χ4n) is 4.65. The number of benzene rings is 3. The average molecular weight is 509 g/mol. The summed E-state index contributed by atoms with van der Waals surface area (Å²) in [5.41, 5.74) is 1.30. The van der Waals surface area contributed by atoms with Crippen molar-refractivity contribution in [2.75, 3.05) is 6.61 Å². The molecule has 4 rings (SSSR count). The lowest BCUT2D eigenvalue weighted by Gasteiger charge is -2.42. The SMILES string of the molecule is CC(=O)O[C@H]1[C@H](OC(C)=O)[C@@H](F)C(O)O[C@@H]1COC(c1ccccc1)(c1ccccc1)c1ccccc1. The number of aliphatic hydroxyl groups is 1. The lowest BCUT2D eigenvalue weighted by molar-refractivity contribution is -0.283. The fourth-order valence-corrected chi connectivity index (χ4v) is 4.65. The van der Waals surface area contributed by atoms with E-state index in [-0.39, 0.29) is 6.61 Å². The second kappa shape index (κ2) is 11.6. The Bertz CT molecular complexity index is 1080. The third-order valence-corrected chi connectivity index (χ3v) is 6.20. The zero-order valence-electron chi connectivity index (χ0n) is 20.5. The molecule has 0 radical (unpaired) electrons. The highest BCUT2D eigenvalue weighted by atomic mass is 19.1. The molecule has 0 saturated carbocycles. The van der Waals surface area contributed by atoms with Gasteiger partial charge in [-0.15, -0.1) is 0 Å². The molecule has 0 bridgehead atoms. The van der Waals surface area contributed by atoms with Crippen molar-refractivity contribution < 1.29 is 38.0 Å². The quantitative estimate of drug-likeness (QED) is 0.364. The molecule has 3 aromatic carbocycles. The Kier molecular flexibility index (Phi) is 8.33. The summed E-state index contributed by atoms with van der Waals surface area (Å²) in [6.45, 7) is 2.03. The lowest BCUT2D eigenvalue weighted by Crippen LogP contribution is -2.60. The molecule has 0 aliphatic carbocycles. The standard InChI is InChI=1S/C29H29FO7/c1-19(31)35-26-24(37-28(33)25(30)27(26)36-20(2)32)18-34-29(21-12-6-3-7-13-21,22-14-8-4-9-15-22)23-16-10-5-11-17-23/h3-17,24-28,33H,18H2,1-2H3/t24-,25-,26-,27-,28?/m1/s1. The molecule has 1 fully saturated rings. The van der Waals surface area contributed by atoms with E-state index in [0.29, 0.717) is 0 Å². The van der Waals surface area contributed by atoms with Gasteiger partial charge >= 0.3 is 11.9 Å². The molecule has 194 valence electrons. The van der Waals surface area contributed by atoms with E-state index in [0.717, 1.165) is 30.5 Å². The molecule has 3 aromatic rings. The van der Waals surface area contributed by atoms with Crippen molar-refractivity contribution in [2.45, 2.75) is 50.2 Å². The maximum atomic E-state index is 14.9. The molecule has 1 saturated heterocycles. The molecule has 1 heterocycles. The van der Waals surface area contributed by atoms with E-state index >= 15 is 0 Å². The van der Waals surface area contributed by atoms with Gasteiger partial charge in [0.2, 0.25) is 0 Å². The largest absolute Gasteiger partial charge is 0.456 e. The topological polar surface area (TPSA) is 91.3 Å². The van der Waals surface area contributed by atoms with Crippen LogP contribution >= 0.6 is 0 Å². The number of hydrogen-bond donors (Lipinski definition) is 1. The van der Waals surface area contributed by atoms with Crippen molar-refractivity contribution in [3.63, 3.8) is 0 Å². The first-order valence-corrected chi connectivity index (χ1v) is 12.0. The maximum Gasteiger partial charge on any atom is 0.303 e. The van der Waals surface area contributed by atoms with Crippen LogP contribution < -0.4 is 0 Å². The minimum Gasteiger partial charge on any atom is -0.456 e. The summed E-state index contributed by atoms with van der Waals surface area (Å²) in [5.74, 6) is -1.51.